The largest absolute Gasteiger partial charge is 0.481 e. The molecule has 1 aromatic rings. The van der Waals surface area contributed by atoms with E-state index in [0.717, 1.165) is 19.3 Å². The predicted octanol–water partition coefficient (Wildman–Crippen LogP) is 1.87. The normalized spacial score (nSPS) is 23.9. The van der Waals surface area contributed by atoms with E-state index in [1.807, 2.05) is 11.0 Å². The molecule has 2 unspecified atom stereocenters. The number of rotatable bonds is 6. The van der Waals surface area contributed by atoms with E-state index in [1.54, 1.807) is 17.2 Å². The summed E-state index contributed by atoms with van der Waals surface area (Å²) in [6.45, 7) is 1.45. The summed E-state index contributed by atoms with van der Waals surface area (Å²) in [6, 6.07) is 3.57. The summed E-state index contributed by atoms with van der Waals surface area (Å²) in [5.74, 6) is -0.510. The Bertz CT molecular complexity index is 627. The Morgan fingerprint density at radius 3 is 2.88 bits per heavy atom. The first-order valence-electron chi connectivity index (χ1n) is 8.87. The minimum atomic E-state index is -0.835. The molecule has 2 amide bonds. The van der Waals surface area contributed by atoms with Crippen LogP contribution < -0.4 is 0 Å². The van der Waals surface area contributed by atoms with Crippen LogP contribution in [0.1, 0.15) is 44.3 Å². The van der Waals surface area contributed by atoms with Gasteiger partial charge >= 0.3 is 5.97 Å². The molecule has 0 aromatic carbocycles. The van der Waals surface area contributed by atoms with E-state index in [2.05, 4.69) is 0 Å². The summed E-state index contributed by atoms with van der Waals surface area (Å²) in [7, 11) is 0. The molecule has 2 saturated heterocycles. The third kappa shape index (κ3) is 4.21. The van der Waals surface area contributed by atoms with Crippen molar-refractivity contribution < 1.29 is 23.9 Å². The lowest BCUT2D eigenvalue weighted by atomic mass is 9.95. The second kappa shape index (κ2) is 7.72. The Hall–Kier alpha value is -2.31. The smallest absolute Gasteiger partial charge is 0.303 e. The van der Waals surface area contributed by atoms with Gasteiger partial charge in [-0.3, -0.25) is 14.4 Å². The zero-order chi connectivity index (χ0) is 17.8. The number of carbonyl (C=O) groups excluding carboxylic acids is 2. The molecule has 7 nitrogen and oxygen atoms in total. The lowest BCUT2D eigenvalue weighted by molar-refractivity contribution is -0.142. The second-order valence-corrected chi connectivity index (χ2v) is 6.87. The van der Waals surface area contributed by atoms with Crippen LogP contribution in [0.5, 0.6) is 0 Å². The van der Waals surface area contributed by atoms with E-state index >= 15 is 0 Å². The highest BCUT2D eigenvalue weighted by Crippen LogP contribution is 2.27. The third-order valence-corrected chi connectivity index (χ3v) is 5.09. The number of likely N-dealkylation sites (tertiary alicyclic amines) is 2. The van der Waals surface area contributed by atoms with Gasteiger partial charge in [0.25, 0.3) is 0 Å². The fourth-order valence-corrected chi connectivity index (χ4v) is 3.80. The fraction of sp³-hybridized carbons (Fsp3) is 0.611. The highest BCUT2D eigenvalue weighted by Gasteiger charge is 2.39. The van der Waals surface area contributed by atoms with Crippen LogP contribution in [-0.2, 0) is 20.9 Å². The Kier molecular flexibility index (Phi) is 5.40. The molecule has 0 bridgehead atoms. The Labute approximate surface area is 146 Å². The van der Waals surface area contributed by atoms with Gasteiger partial charge in [-0.15, -0.1) is 0 Å². The Balaban J connectivity index is 1.61. The molecule has 0 aliphatic carbocycles. The maximum atomic E-state index is 12.9. The van der Waals surface area contributed by atoms with Gasteiger partial charge in [-0.05, 0) is 37.8 Å². The van der Waals surface area contributed by atoms with Crippen molar-refractivity contribution >= 4 is 17.8 Å². The molecule has 0 spiro atoms. The number of aliphatic carboxylic acids is 1. The second-order valence-electron chi connectivity index (χ2n) is 6.87. The first kappa shape index (κ1) is 17.5. The van der Waals surface area contributed by atoms with Gasteiger partial charge in [-0.25, -0.2) is 0 Å². The molecule has 0 radical (unpaired) electrons. The zero-order valence-corrected chi connectivity index (χ0v) is 14.2. The third-order valence-electron chi connectivity index (χ3n) is 5.09. The molecule has 7 heteroatoms. The number of amides is 2. The molecule has 3 rings (SSSR count). The first-order valence-corrected chi connectivity index (χ1v) is 8.87. The molecular weight excluding hydrogens is 324 g/mol. The van der Waals surface area contributed by atoms with Gasteiger partial charge in [0.2, 0.25) is 11.8 Å². The fourth-order valence-electron chi connectivity index (χ4n) is 3.80. The van der Waals surface area contributed by atoms with Crippen LogP contribution >= 0.6 is 0 Å². The maximum absolute atomic E-state index is 12.9. The standard InChI is InChI=1S/C18H24N2O5/c21-16-10-13(11-19(16)12-15-5-3-9-25-15)18(24)20-8-2-1-4-14(20)6-7-17(22)23/h3,5,9,13-14H,1-2,4,6-8,10-12H2,(H,22,23). The number of hydrogen-bond acceptors (Lipinski definition) is 4. The van der Waals surface area contributed by atoms with E-state index in [4.69, 9.17) is 9.52 Å². The Morgan fingerprint density at radius 1 is 1.32 bits per heavy atom. The molecule has 2 aliphatic rings. The van der Waals surface area contributed by atoms with Gasteiger partial charge in [0.1, 0.15) is 5.76 Å². The maximum Gasteiger partial charge on any atom is 0.303 e. The number of hydrogen-bond donors (Lipinski definition) is 1. The van der Waals surface area contributed by atoms with Crippen LogP contribution in [-0.4, -0.2) is 51.8 Å². The molecule has 1 aromatic heterocycles. The zero-order valence-electron chi connectivity index (χ0n) is 14.2. The van der Waals surface area contributed by atoms with E-state index in [9.17, 15) is 14.4 Å². The highest BCUT2D eigenvalue weighted by molar-refractivity contribution is 5.89. The summed E-state index contributed by atoms with van der Waals surface area (Å²) in [4.78, 5) is 39.5. The van der Waals surface area contributed by atoms with Crippen molar-refractivity contribution in [1.82, 2.24) is 9.80 Å². The van der Waals surface area contributed by atoms with E-state index in [-0.39, 0.29) is 36.6 Å². The average Bonchev–Trinajstić information content (AvgIpc) is 3.23. The van der Waals surface area contributed by atoms with Crippen LogP contribution in [0.3, 0.4) is 0 Å². The Morgan fingerprint density at radius 2 is 2.16 bits per heavy atom. The number of furan rings is 1. The van der Waals surface area contributed by atoms with Crippen LogP contribution in [0.2, 0.25) is 0 Å². The van der Waals surface area contributed by atoms with Crippen molar-refractivity contribution in [3.63, 3.8) is 0 Å². The summed E-state index contributed by atoms with van der Waals surface area (Å²) < 4.78 is 5.28. The molecule has 1 N–H and O–H groups in total. The summed E-state index contributed by atoms with van der Waals surface area (Å²) >= 11 is 0. The van der Waals surface area contributed by atoms with Crippen LogP contribution in [0.4, 0.5) is 0 Å². The van der Waals surface area contributed by atoms with Crippen LogP contribution in [0, 0.1) is 5.92 Å². The van der Waals surface area contributed by atoms with Crippen molar-refractivity contribution in [2.75, 3.05) is 13.1 Å². The topological polar surface area (TPSA) is 91.1 Å². The van der Waals surface area contributed by atoms with Gasteiger partial charge in [0, 0.05) is 32.0 Å². The van der Waals surface area contributed by atoms with E-state index in [1.165, 1.54) is 0 Å². The SMILES string of the molecule is O=C(O)CCC1CCCCN1C(=O)C1CC(=O)N(Cc2ccco2)C1. The molecule has 25 heavy (non-hydrogen) atoms. The minimum absolute atomic E-state index is 0.00890. The molecule has 2 aliphatic heterocycles. The number of nitrogens with zero attached hydrogens (tertiary/aromatic N) is 2. The predicted molar refractivity (Wildman–Crippen MR) is 88.5 cm³/mol. The number of piperidine rings is 1. The summed E-state index contributed by atoms with van der Waals surface area (Å²) in [6.07, 6.45) is 5.14. The van der Waals surface area contributed by atoms with Crippen LogP contribution in [0.15, 0.2) is 22.8 Å². The number of carboxylic acids is 1. The van der Waals surface area contributed by atoms with Crippen molar-refractivity contribution in [1.29, 1.82) is 0 Å². The molecule has 2 fully saturated rings. The average molecular weight is 348 g/mol. The van der Waals surface area contributed by atoms with Crippen molar-refractivity contribution in [2.24, 2.45) is 5.92 Å². The molecule has 2 atom stereocenters. The summed E-state index contributed by atoms with van der Waals surface area (Å²) in [5.41, 5.74) is 0. The van der Waals surface area contributed by atoms with Gasteiger partial charge in [0.05, 0.1) is 18.7 Å². The lowest BCUT2D eigenvalue weighted by Crippen LogP contribution is -2.47. The van der Waals surface area contributed by atoms with Crippen molar-refractivity contribution in [3.8, 4) is 0 Å². The van der Waals surface area contributed by atoms with E-state index < -0.39 is 5.97 Å². The van der Waals surface area contributed by atoms with Crippen molar-refractivity contribution in [2.45, 2.75) is 51.1 Å². The quantitative estimate of drug-likeness (QED) is 0.847. The van der Waals surface area contributed by atoms with Gasteiger partial charge < -0.3 is 19.3 Å². The monoisotopic (exact) mass is 348 g/mol. The molecule has 3 heterocycles. The molecule has 0 saturated carbocycles. The molecule has 136 valence electrons. The lowest BCUT2D eigenvalue weighted by Gasteiger charge is -2.37. The number of carbonyl (C=O) groups is 3. The van der Waals surface area contributed by atoms with E-state index in [0.29, 0.717) is 31.8 Å². The first-order chi connectivity index (χ1) is 12.0. The summed E-state index contributed by atoms with van der Waals surface area (Å²) in [5, 5.41) is 8.91. The van der Waals surface area contributed by atoms with Crippen LogP contribution in [0.25, 0.3) is 0 Å². The number of carboxylic acid groups (broad SMARTS) is 1. The highest BCUT2D eigenvalue weighted by atomic mass is 16.4. The van der Waals surface area contributed by atoms with Gasteiger partial charge in [-0.2, -0.15) is 0 Å². The minimum Gasteiger partial charge on any atom is -0.481 e. The molecular formula is C18H24N2O5. The van der Waals surface area contributed by atoms with Gasteiger partial charge in [-0.1, -0.05) is 0 Å². The van der Waals surface area contributed by atoms with Gasteiger partial charge in [0.15, 0.2) is 0 Å². The van der Waals surface area contributed by atoms with Crippen molar-refractivity contribution in [3.05, 3.63) is 24.2 Å².